The first-order chi connectivity index (χ1) is 11.6. The number of carbonyl (C=O) groups is 1. The maximum Gasteiger partial charge on any atom is 0.164 e. The molecule has 1 aliphatic carbocycles. The van der Waals surface area contributed by atoms with E-state index in [1.807, 2.05) is 24.3 Å². The van der Waals surface area contributed by atoms with Gasteiger partial charge in [0.25, 0.3) is 0 Å². The minimum absolute atomic E-state index is 0.0351. The zero-order valence-electron chi connectivity index (χ0n) is 14.2. The molecule has 0 radical (unpaired) electrons. The van der Waals surface area contributed by atoms with Gasteiger partial charge in [-0.3, -0.25) is 4.79 Å². The van der Waals surface area contributed by atoms with Crippen LogP contribution in [0.2, 0.25) is 0 Å². The van der Waals surface area contributed by atoms with Crippen molar-refractivity contribution in [3.63, 3.8) is 0 Å². The molecule has 0 bridgehead atoms. The van der Waals surface area contributed by atoms with Crippen LogP contribution in [0.25, 0.3) is 0 Å². The third-order valence-corrected chi connectivity index (χ3v) is 4.43. The Balaban J connectivity index is 2.09. The summed E-state index contributed by atoms with van der Waals surface area (Å²) in [7, 11) is 6.36. The highest BCUT2D eigenvalue weighted by Gasteiger charge is 2.32. The first-order valence-corrected chi connectivity index (χ1v) is 7.64. The number of carbonyl (C=O) groups excluding carboxylic acids is 1. The molecular formula is C19H20O5. The fourth-order valence-electron chi connectivity index (χ4n) is 3.20. The molecule has 1 atom stereocenters. The molecule has 1 aliphatic rings. The molecule has 0 amide bonds. The number of benzene rings is 2. The van der Waals surface area contributed by atoms with E-state index < -0.39 is 0 Å². The predicted octanol–water partition coefficient (Wildman–Crippen LogP) is 3.44. The van der Waals surface area contributed by atoms with Gasteiger partial charge in [-0.05, 0) is 35.4 Å². The average Bonchev–Trinajstić information content (AvgIpc) is 2.95. The second-order valence-corrected chi connectivity index (χ2v) is 5.59. The van der Waals surface area contributed by atoms with Gasteiger partial charge in [-0.25, -0.2) is 0 Å². The first kappa shape index (κ1) is 16.2. The van der Waals surface area contributed by atoms with Crippen LogP contribution in [0.4, 0.5) is 0 Å². The van der Waals surface area contributed by atoms with E-state index in [0.717, 1.165) is 11.1 Å². The standard InChI is InChI=1S/C19H20O5/c1-21-16-6-5-11(7-17(16)22-2)12-8-15(20)14-10-19(24-4)18(23-3)9-13(12)14/h5-7,9-10,12H,8H2,1-4H3/t12-/m1/s1. The highest BCUT2D eigenvalue weighted by Crippen LogP contribution is 2.44. The van der Waals surface area contributed by atoms with Crippen LogP contribution < -0.4 is 18.9 Å². The molecule has 0 spiro atoms. The lowest BCUT2D eigenvalue weighted by Gasteiger charge is -2.16. The SMILES string of the molecule is COc1ccc([C@H]2CC(=O)c3cc(OC)c(OC)cc32)cc1OC. The van der Waals surface area contributed by atoms with Gasteiger partial charge in [0.05, 0.1) is 28.4 Å². The molecule has 2 aromatic carbocycles. The maximum absolute atomic E-state index is 12.4. The number of methoxy groups -OCH3 is 4. The highest BCUT2D eigenvalue weighted by molar-refractivity contribution is 6.02. The molecule has 0 aliphatic heterocycles. The largest absolute Gasteiger partial charge is 0.493 e. The van der Waals surface area contributed by atoms with Gasteiger partial charge in [0.1, 0.15) is 0 Å². The Hall–Kier alpha value is -2.69. The van der Waals surface area contributed by atoms with Crippen molar-refractivity contribution in [2.75, 3.05) is 28.4 Å². The molecule has 0 unspecified atom stereocenters. The van der Waals surface area contributed by atoms with E-state index in [9.17, 15) is 4.79 Å². The smallest absolute Gasteiger partial charge is 0.164 e. The summed E-state index contributed by atoms with van der Waals surface area (Å²) < 4.78 is 21.3. The van der Waals surface area contributed by atoms with Crippen LogP contribution in [0.15, 0.2) is 30.3 Å². The van der Waals surface area contributed by atoms with Gasteiger partial charge in [0.2, 0.25) is 0 Å². The van der Waals surface area contributed by atoms with Crippen LogP contribution in [-0.2, 0) is 0 Å². The molecule has 5 heteroatoms. The number of rotatable bonds is 5. The average molecular weight is 328 g/mol. The van der Waals surface area contributed by atoms with Crippen LogP contribution >= 0.6 is 0 Å². The van der Waals surface area contributed by atoms with Gasteiger partial charge in [-0.2, -0.15) is 0 Å². The number of ketones is 1. The Morgan fingerprint density at radius 3 is 2.00 bits per heavy atom. The van der Waals surface area contributed by atoms with Crippen molar-refractivity contribution < 1.29 is 23.7 Å². The fraction of sp³-hybridized carbons (Fsp3) is 0.316. The Morgan fingerprint density at radius 2 is 1.38 bits per heavy atom. The lowest BCUT2D eigenvalue weighted by molar-refractivity contribution is 0.0991. The van der Waals surface area contributed by atoms with E-state index in [-0.39, 0.29) is 11.7 Å². The minimum Gasteiger partial charge on any atom is -0.493 e. The van der Waals surface area contributed by atoms with E-state index in [4.69, 9.17) is 18.9 Å². The maximum atomic E-state index is 12.4. The summed E-state index contributed by atoms with van der Waals surface area (Å²) in [6, 6.07) is 9.39. The van der Waals surface area contributed by atoms with Crippen LogP contribution in [0.5, 0.6) is 23.0 Å². The quantitative estimate of drug-likeness (QED) is 0.841. The molecule has 5 nitrogen and oxygen atoms in total. The van der Waals surface area contributed by atoms with E-state index in [0.29, 0.717) is 35.0 Å². The summed E-state index contributed by atoms with van der Waals surface area (Å²) >= 11 is 0. The number of hydrogen-bond donors (Lipinski definition) is 0. The molecule has 3 rings (SSSR count). The van der Waals surface area contributed by atoms with E-state index in [1.165, 1.54) is 0 Å². The molecule has 0 fully saturated rings. The topological polar surface area (TPSA) is 54.0 Å². The van der Waals surface area contributed by atoms with Gasteiger partial charge >= 0.3 is 0 Å². The number of Topliss-reactive ketones (excluding diaryl/α,β-unsaturated/α-hetero) is 1. The van der Waals surface area contributed by atoms with Gasteiger partial charge in [-0.15, -0.1) is 0 Å². The normalized spacial score (nSPS) is 15.8. The lowest BCUT2D eigenvalue weighted by atomic mass is 9.92. The first-order valence-electron chi connectivity index (χ1n) is 7.64. The Labute approximate surface area is 141 Å². The molecule has 0 N–H and O–H groups in total. The summed E-state index contributed by atoms with van der Waals surface area (Å²) in [5, 5.41) is 0. The minimum atomic E-state index is -0.0351. The zero-order chi connectivity index (χ0) is 17.3. The van der Waals surface area contributed by atoms with Crippen molar-refractivity contribution in [2.45, 2.75) is 12.3 Å². The highest BCUT2D eigenvalue weighted by atomic mass is 16.5. The third-order valence-electron chi connectivity index (χ3n) is 4.43. The molecule has 0 heterocycles. The van der Waals surface area contributed by atoms with Crippen molar-refractivity contribution in [3.8, 4) is 23.0 Å². The van der Waals surface area contributed by atoms with Gasteiger partial charge in [0, 0.05) is 17.9 Å². The van der Waals surface area contributed by atoms with Gasteiger partial charge in [-0.1, -0.05) is 6.07 Å². The molecule has 2 aromatic rings. The lowest BCUT2D eigenvalue weighted by Crippen LogP contribution is -2.00. The number of ether oxygens (including phenoxy) is 4. The van der Waals surface area contributed by atoms with Gasteiger partial charge < -0.3 is 18.9 Å². The number of hydrogen-bond acceptors (Lipinski definition) is 5. The summed E-state index contributed by atoms with van der Waals surface area (Å²) in [6.45, 7) is 0. The monoisotopic (exact) mass is 328 g/mol. The second kappa shape index (κ2) is 6.43. The van der Waals surface area contributed by atoms with E-state index in [2.05, 4.69) is 0 Å². The molecule has 126 valence electrons. The van der Waals surface area contributed by atoms with Crippen LogP contribution in [-0.4, -0.2) is 34.2 Å². The van der Waals surface area contributed by atoms with Crippen LogP contribution in [0, 0.1) is 0 Å². The van der Waals surface area contributed by atoms with Crippen LogP contribution in [0.3, 0.4) is 0 Å². The Kier molecular flexibility index (Phi) is 4.34. The van der Waals surface area contributed by atoms with Crippen molar-refractivity contribution >= 4 is 5.78 Å². The predicted molar refractivity (Wildman–Crippen MR) is 89.9 cm³/mol. The van der Waals surface area contributed by atoms with E-state index >= 15 is 0 Å². The molecule has 0 saturated carbocycles. The Bertz CT molecular complexity index is 782. The van der Waals surface area contributed by atoms with Crippen molar-refractivity contribution in [1.29, 1.82) is 0 Å². The fourth-order valence-corrected chi connectivity index (χ4v) is 3.20. The second-order valence-electron chi connectivity index (χ2n) is 5.59. The van der Waals surface area contributed by atoms with Crippen molar-refractivity contribution in [1.82, 2.24) is 0 Å². The third kappa shape index (κ3) is 2.56. The molecular weight excluding hydrogens is 308 g/mol. The molecule has 24 heavy (non-hydrogen) atoms. The van der Waals surface area contributed by atoms with Crippen molar-refractivity contribution in [3.05, 3.63) is 47.0 Å². The molecule has 0 aromatic heterocycles. The van der Waals surface area contributed by atoms with E-state index in [1.54, 1.807) is 34.5 Å². The van der Waals surface area contributed by atoms with Crippen molar-refractivity contribution in [2.24, 2.45) is 0 Å². The molecule has 0 saturated heterocycles. The number of fused-ring (bicyclic) bond motifs is 1. The van der Waals surface area contributed by atoms with Crippen LogP contribution in [0.1, 0.15) is 33.8 Å². The summed E-state index contributed by atoms with van der Waals surface area (Å²) in [4.78, 5) is 12.4. The van der Waals surface area contributed by atoms with Gasteiger partial charge in [0.15, 0.2) is 28.8 Å². The Morgan fingerprint density at radius 1 is 0.792 bits per heavy atom. The summed E-state index contributed by atoms with van der Waals surface area (Å²) in [6.07, 6.45) is 0.418. The summed E-state index contributed by atoms with van der Waals surface area (Å²) in [5.41, 5.74) is 2.64. The zero-order valence-corrected chi connectivity index (χ0v) is 14.2. The summed E-state index contributed by atoms with van der Waals surface area (Å²) in [5.74, 6) is 2.57.